The number of carbonyl (C=O) groups is 1. The van der Waals surface area contributed by atoms with Crippen LogP contribution in [0.25, 0.3) is 6.08 Å². The number of halogens is 2. The molecule has 1 fully saturated rings. The summed E-state index contributed by atoms with van der Waals surface area (Å²) in [7, 11) is 0. The van der Waals surface area contributed by atoms with Crippen LogP contribution in [0.4, 0.5) is 0 Å². The second-order valence-corrected chi connectivity index (χ2v) is 5.46. The Morgan fingerprint density at radius 2 is 2.26 bits per heavy atom. The fraction of sp³-hybridized carbons (Fsp3) is 0.357. The molecule has 102 valence electrons. The molecule has 1 aromatic carbocycles. The molecule has 1 amide bonds. The van der Waals surface area contributed by atoms with Crippen LogP contribution in [0.3, 0.4) is 0 Å². The van der Waals surface area contributed by atoms with Crippen LogP contribution >= 0.6 is 23.2 Å². The summed E-state index contributed by atoms with van der Waals surface area (Å²) in [6.45, 7) is 1.44. The van der Waals surface area contributed by atoms with Crippen molar-refractivity contribution in [3.63, 3.8) is 0 Å². The molecule has 2 rings (SSSR count). The van der Waals surface area contributed by atoms with Gasteiger partial charge in [0, 0.05) is 41.7 Å². The average Bonchev–Trinajstić information content (AvgIpc) is 2.88. The molecule has 0 bridgehead atoms. The summed E-state index contributed by atoms with van der Waals surface area (Å²) in [5, 5.41) is 10.2. The summed E-state index contributed by atoms with van der Waals surface area (Å²) in [6, 6.07) is 5.12. The van der Waals surface area contributed by atoms with Crippen LogP contribution in [-0.4, -0.2) is 35.6 Å². The lowest BCUT2D eigenvalue weighted by Gasteiger charge is -2.13. The van der Waals surface area contributed by atoms with E-state index in [0.717, 1.165) is 12.0 Å². The van der Waals surface area contributed by atoms with Crippen molar-refractivity contribution in [1.29, 1.82) is 0 Å². The highest BCUT2D eigenvalue weighted by Gasteiger charge is 2.24. The topological polar surface area (TPSA) is 40.5 Å². The van der Waals surface area contributed by atoms with E-state index < -0.39 is 0 Å². The van der Waals surface area contributed by atoms with E-state index in [0.29, 0.717) is 23.1 Å². The van der Waals surface area contributed by atoms with Crippen LogP contribution in [0.5, 0.6) is 0 Å². The molecule has 1 atom stereocenters. The largest absolute Gasteiger partial charge is 0.396 e. The summed E-state index contributed by atoms with van der Waals surface area (Å²) in [6.07, 6.45) is 4.02. The van der Waals surface area contributed by atoms with E-state index in [1.165, 1.54) is 6.08 Å². The second kappa shape index (κ2) is 6.42. The smallest absolute Gasteiger partial charge is 0.246 e. The van der Waals surface area contributed by atoms with Crippen LogP contribution < -0.4 is 0 Å². The average molecular weight is 300 g/mol. The fourth-order valence-electron chi connectivity index (χ4n) is 2.09. The zero-order chi connectivity index (χ0) is 13.8. The molecule has 0 saturated carbocycles. The summed E-state index contributed by atoms with van der Waals surface area (Å²) < 4.78 is 0. The third-order valence-electron chi connectivity index (χ3n) is 3.22. The summed E-state index contributed by atoms with van der Waals surface area (Å²) in [5.74, 6) is 0.138. The van der Waals surface area contributed by atoms with Gasteiger partial charge in [0.15, 0.2) is 0 Å². The van der Waals surface area contributed by atoms with E-state index in [-0.39, 0.29) is 18.4 Å². The number of aliphatic hydroxyl groups excluding tert-OH is 1. The Morgan fingerprint density at radius 1 is 1.47 bits per heavy atom. The fourth-order valence-corrected chi connectivity index (χ4v) is 2.45. The molecular weight excluding hydrogens is 285 g/mol. The molecule has 19 heavy (non-hydrogen) atoms. The quantitative estimate of drug-likeness (QED) is 0.872. The summed E-state index contributed by atoms with van der Waals surface area (Å²) >= 11 is 11.9. The van der Waals surface area contributed by atoms with Gasteiger partial charge in [-0.3, -0.25) is 4.79 Å². The van der Waals surface area contributed by atoms with Crippen molar-refractivity contribution in [2.75, 3.05) is 19.7 Å². The van der Waals surface area contributed by atoms with E-state index in [1.807, 2.05) is 0 Å². The Bertz CT molecular complexity index is 502. The predicted molar refractivity (Wildman–Crippen MR) is 77.3 cm³/mol. The minimum absolute atomic E-state index is 0.0630. The molecule has 0 aromatic heterocycles. The first-order chi connectivity index (χ1) is 9.10. The number of aliphatic hydroxyl groups is 1. The first-order valence-electron chi connectivity index (χ1n) is 6.13. The predicted octanol–water partition coefficient (Wildman–Crippen LogP) is 2.85. The highest BCUT2D eigenvalue weighted by atomic mass is 35.5. The molecule has 1 unspecified atom stereocenters. The maximum absolute atomic E-state index is 12.0. The van der Waals surface area contributed by atoms with E-state index >= 15 is 0 Å². The lowest BCUT2D eigenvalue weighted by Crippen LogP contribution is -2.27. The zero-order valence-electron chi connectivity index (χ0n) is 10.4. The molecule has 3 nitrogen and oxygen atoms in total. The van der Waals surface area contributed by atoms with Gasteiger partial charge in [0.2, 0.25) is 5.91 Å². The van der Waals surface area contributed by atoms with E-state index in [1.54, 1.807) is 29.2 Å². The van der Waals surface area contributed by atoms with Crippen molar-refractivity contribution >= 4 is 35.2 Å². The van der Waals surface area contributed by atoms with Crippen molar-refractivity contribution in [3.05, 3.63) is 39.9 Å². The van der Waals surface area contributed by atoms with Gasteiger partial charge in [-0.25, -0.2) is 0 Å². The number of carbonyl (C=O) groups excluding carboxylic acids is 1. The number of amides is 1. The number of hydrogen-bond donors (Lipinski definition) is 1. The van der Waals surface area contributed by atoms with Crippen LogP contribution in [0, 0.1) is 5.92 Å². The monoisotopic (exact) mass is 299 g/mol. The van der Waals surface area contributed by atoms with Gasteiger partial charge >= 0.3 is 0 Å². The maximum Gasteiger partial charge on any atom is 0.246 e. The van der Waals surface area contributed by atoms with Gasteiger partial charge in [0.1, 0.15) is 0 Å². The van der Waals surface area contributed by atoms with Gasteiger partial charge in [-0.2, -0.15) is 0 Å². The van der Waals surface area contributed by atoms with Crippen LogP contribution in [0.2, 0.25) is 10.0 Å². The Balaban J connectivity index is 2.02. The Kier molecular flexibility index (Phi) is 4.86. The highest BCUT2D eigenvalue weighted by molar-refractivity contribution is 6.34. The van der Waals surface area contributed by atoms with E-state index in [4.69, 9.17) is 28.3 Å². The van der Waals surface area contributed by atoms with Gasteiger partial charge in [-0.05, 0) is 36.3 Å². The normalized spacial score (nSPS) is 19.3. The van der Waals surface area contributed by atoms with Crippen molar-refractivity contribution in [1.82, 2.24) is 4.90 Å². The Hall–Kier alpha value is -1.03. The lowest BCUT2D eigenvalue weighted by atomic mass is 10.1. The molecule has 1 heterocycles. The standard InChI is InChI=1S/C14H15Cl2NO2/c15-12-2-3-13(16)11(7-12)1-4-14(19)17-6-5-10(8-17)9-18/h1-4,7,10,18H,5-6,8-9H2. The molecule has 5 heteroatoms. The number of likely N-dealkylation sites (tertiary alicyclic amines) is 1. The Morgan fingerprint density at radius 3 is 2.95 bits per heavy atom. The van der Waals surface area contributed by atoms with Crippen LogP contribution in [0.1, 0.15) is 12.0 Å². The summed E-state index contributed by atoms with van der Waals surface area (Å²) in [5.41, 5.74) is 0.723. The van der Waals surface area contributed by atoms with Gasteiger partial charge in [-0.1, -0.05) is 23.2 Å². The first kappa shape index (κ1) is 14.4. The Labute approximate surface area is 122 Å². The maximum atomic E-state index is 12.0. The van der Waals surface area contributed by atoms with Gasteiger partial charge in [0.25, 0.3) is 0 Å². The second-order valence-electron chi connectivity index (χ2n) is 4.62. The third kappa shape index (κ3) is 3.72. The zero-order valence-corrected chi connectivity index (χ0v) is 11.9. The van der Waals surface area contributed by atoms with Crippen LogP contribution in [-0.2, 0) is 4.79 Å². The molecule has 1 aromatic rings. The number of nitrogens with zero attached hydrogens (tertiary/aromatic N) is 1. The van der Waals surface area contributed by atoms with Crippen molar-refractivity contribution in [2.45, 2.75) is 6.42 Å². The minimum Gasteiger partial charge on any atom is -0.396 e. The van der Waals surface area contributed by atoms with E-state index in [9.17, 15) is 4.79 Å². The minimum atomic E-state index is -0.0630. The SMILES string of the molecule is O=C(C=Cc1cc(Cl)ccc1Cl)N1CCC(CO)C1. The van der Waals surface area contributed by atoms with Gasteiger partial charge in [0.05, 0.1) is 0 Å². The lowest BCUT2D eigenvalue weighted by molar-refractivity contribution is -0.125. The highest BCUT2D eigenvalue weighted by Crippen LogP contribution is 2.22. The van der Waals surface area contributed by atoms with Gasteiger partial charge in [-0.15, -0.1) is 0 Å². The molecule has 1 saturated heterocycles. The molecular formula is C14H15Cl2NO2. The van der Waals surface area contributed by atoms with Crippen molar-refractivity contribution in [2.24, 2.45) is 5.92 Å². The van der Waals surface area contributed by atoms with Crippen molar-refractivity contribution < 1.29 is 9.90 Å². The third-order valence-corrected chi connectivity index (χ3v) is 3.80. The molecule has 1 aliphatic heterocycles. The summed E-state index contributed by atoms with van der Waals surface area (Å²) in [4.78, 5) is 13.7. The van der Waals surface area contributed by atoms with Gasteiger partial charge < -0.3 is 10.0 Å². The molecule has 0 spiro atoms. The first-order valence-corrected chi connectivity index (χ1v) is 6.88. The number of rotatable bonds is 3. The molecule has 1 N–H and O–H groups in total. The molecule has 0 radical (unpaired) electrons. The van der Waals surface area contributed by atoms with Crippen molar-refractivity contribution in [3.8, 4) is 0 Å². The van der Waals surface area contributed by atoms with Crippen LogP contribution in [0.15, 0.2) is 24.3 Å². The molecule has 1 aliphatic rings. The molecule has 0 aliphatic carbocycles. The number of benzene rings is 1. The van der Waals surface area contributed by atoms with E-state index in [2.05, 4.69) is 0 Å². The number of hydrogen-bond acceptors (Lipinski definition) is 2.